The van der Waals surface area contributed by atoms with Gasteiger partial charge in [0.15, 0.2) is 6.10 Å². The van der Waals surface area contributed by atoms with Gasteiger partial charge in [0.05, 0.1) is 6.61 Å². The van der Waals surface area contributed by atoms with Gasteiger partial charge in [0.25, 0.3) is 0 Å². The lowest BCUT2D eigenvalue weighted by Gasteiger charge is -2.18. The van der Waals surface area contributed by atoms with Crippen molar-refractivity contribution in [2.24, 2.45) is 0 Å². The summed E-state index contributed by atoms with van der Waals surface area (Å²) < 4.78 is 17.2. The van der Waals surface area contributed by atoms with Crippen LogP contribution in [-0.2, 0) is 23.8 Å². The summed E-state index contributed by atoms with van der Waals surface area (Å²) in [6.07, 6.45) is 57.4. The van der Waals surface area contributed by atoms with E-state index in [-0.39, 0.29) is 25.2 Å². The van der Waals surface area contributed by atoms with Crippen LogP contribution >= 0.6 is 0 Å². The summed E-state index contributed by atoms with van der Waals surface area (Å²) in [4.78, 5) is 25.1. The molecule has 0 saturated carbocycles. The first-order valence-electron chi connectivity index (χ1n) is 22.1. The zero-order chi connectivity index (χ0) is 39.3. The number of esters is 2. The minimum atomic E-state index is -0.559. The van der Waals surface area contributed by atoms with Crippen molar-refractivity contribution in [3.05, 3.63) is 85.1 Å². The van der Waals surface area contributed by atoms with E-state index in [1.54, 1.807) is 0 Å². The fraction of sp³-hybridized carbons (Fsp3) is 0.673. The predicted octanol–water partition coefficient (Wildman–Crippen LogP) is 14.6. The molecular formula is C49H82O5. The Morgan fingerprint density at radius 1 is 0.426 bits per heavy atom. The molecule has 0 aliphatic heterocycles. The Morgan fingerprint density at radius 3 is 1.37 bits per heavy atom. The van der Waals surface area contributed by atoms with Crippen LogP contribution in [0.2, 0.25) is 0 Å². The van der Waals surface area contributed by atoms with Gasteiger partial charge in [-0.25, -0.2) is 0 Å². The minimum Gasteiger partial charge on any atom is -0.462 e. The highest BCUT2D eigenvalue weighted by molar-refractivity contribution is 5.70. The summed E-state index contributed by atoms with van der Waals surface area (Å²) in [7, 11) is 0. The second kappa shape index (κ2) is 44.5. The van der Waals surface area contributed by atoms with Gasteiger partial charge in [-0.3, -0.25) is 9.59 Å². The van der Waals surface area contributed by atoms with Crippen LogP contribution in [-0.4, -0.2) is 37.9 Å². The lowest BCUT2D eigenvalue weighted by molar-refractivity contribution is -0.163. The molecule has 0 fully saturated rings. The molecule has 0 aliphatic carbocycles. The number of carbonyl (C=O) groups excluding carboxylic acids is 2. The molecule has 0 radical (unpaired) electrons. The molecule has 0 saturated heterocycles. The monoisotopic (exact) mass is 751 g/mol. The Bertz CT molecular complexity index is 1030. The molecule has 0 N–H and O–H groups in total. The SMILES string of the molecule is CC/C=C\C/C=C\C/C=C\C/C=C\CCCCC(=O)OCC(COCCCCCCCC/C=C\C/C=C\C/C=C\CC)OC(=O)CCCCCCCCC. The lowest BCUT2D eigenvalue weighted by Crippen LogP contribution is -2.30. The summed E-state index contributed by atoms with van der Waals surface area (Å²) in [6.45, 7) is 7.48. The molecule has 54 heavy (non-hydrogen) atoms. The van der Waals surface area contributed by atoms with Gasteiger partial charge in [-0.2, -0.15) is 0 Å². The van der Waals surface area contributed by atoms with E-state index in [0.717, 1.165) is 103 Å². The van der Waals surface area contributed by atoms with Crippen molar-refractivity contribution in [1.29, 1.82) is 0 Å². The van der Waals surface area contributed by atoms with Gasteiger partial charge < -0.3 is 14.2 Å². The average Bonchev–Trinajstić information content (AvgIpc) is 3.17. The number of rotatable bonds is 39. The third-order valence-corrected chi connectivity index (χ3v) is 8.93. The average molecular weight is 751 g/mol. The van der Waals surface area contributed by atoms with E-state index in [4.69, 9.17) is 14.2 Å². The zero-order valence-corrected chi connectivity index (χ0v) is 35.2. The Balaban J connectivity index is 4.27. The fourth-order valence-corrected chi connectivity index (χ4v) is 5.69. The third-order valence-electron chi connectivity index (χ3n) is 8.93. The molecule has 5 nitrogen and oxygen atoms in total. The van der Waals surface area contributed by atoms with Crippen LogP contribution in [0.1, 0.15) is 188 Å². The fourth-order valence-electron chi connectivity index (χ4n) is 5.69. The first-order valence-corrected chi connectivity index (χ1v) is 22.1. The number of allylic oxidation sites excluding steroid dienone is 14. The van der Waals surface area contributed by atoms with E-state index in [1.807, 2.05) is 0 Å². The second-order valence-electron chi connectivity index (χ2n) is 14.2. The third kappa shape index (κ3) is 41.8. The number of unbranched alkanes of at least 4 members (excludes halogenated alkanes) is 14. The largest absolute Gasteiger partial charge is 0.462 e. The standard InChI is InChI=1S/C49H82O5/c1-4-7-10-13-16-18-20-22-24-26-28-30-32-35-38-41-44-52-45-47(54-49(51)43-40-37-33-15-12-9-6-3)46-53-48(50)42-39-36-34-31-29-27-25-23-21-19-17-14-11-8-5-2/h7-8,10-11,16-19,22-25,29,31,47H,4-6,9,12-15,20-21,26-28,30,32-46H2,1-3H3/b10-7-,11-8-,18-16-,19-17-,24-22-,25-23-,31-29-. The molecule has 308 valence electrons. The topological polar surface area (TPSA) is 61.8 Å². The highest BCUT2D eigenvalue weighted by Crippen LogP contribution is 2.12. The van der Waals surface area contributed by atoms with Gasteiger partial charge in [0, 0.05) is 19.4 Å². The molecule has 0 heterocycles. The van der Waals surface area contributed by atoms with Crippen LogP contribution in [0, 0.1) is 0 Å². The Kier molecular flexibility index (Phi) is 42.1. The van der Waals surface area contributed by atoms with Gasteiger partial charge >= 0.3 is 11.9 Å². The van der Waals surface area contributed by atoms with Gasteiger partial charge in [0.2, 0.25) is 0 Å². The highest BCUT2D eigenvalue weighted by atomic mass is 16.6. The van der Waals surface area contributed by atoms with Gasteiger partial charge in [-0.15, -0.1) is 0 Å². The molecule has 1 unspecified atom stereocenters. The molecule has 0 aromatic heterocycles. The summed E-state index contributed by atoms with van der Waals surface area (Å²) in [5.74, 6) is -0.464. The number of carbonyl (C=O) groups is 2. The van der Waals surface area contributed by atoms with Crippen molar-refractivity contribution in [3.63, 3.8) is 0 Å². The summed E-state index contributed by atoms with van der Waals surface area (Å²) in [6, 6.07) is 0. The molecule has 0 rings (SSSR count). The maximum Gasteiger partial charge on any atom is 0.306 e. The van der Waals surface area contributed by atoms with Crippen molar-refractivity contribution in [3.8, 4) is 0 Å². The van der Waals surface area contributed by atoms with Crippen molar-refractivity contribution >= 4 is 11.9 Å². The maximum atomic E-state index is 12.6. The predicted molar refractivity (Wildman–Crippen MR) is 233 cm³/mol. The summed E-state index contributed by atoms with van der Waals surface area (Å²) >= 11 is 0. The molecule has 0 bridgehead atoms. The van der Waals surface area contributed by atoms with E-state index in [1.165, 1.54) is 51.4 Å². The molecule has 0 aromatic rings. The van der Waals surface area contributed by atoms with Gasteiger partial charge in [0.1, 0.15) is 6.61 Å². The van der Waals surface area contributed by atoms with Gasteiger partial charge in [-0.1, -0.05) is 170 Å². The Labute approximate surface area is 333 Å². The molecule has 0 spiro atoms. The summed E-state index contributed by atoms with van der Waals surface area (Å²) in [5, 5.41) is 0. The van der Waals surface area contributed by atoms with Crippen LogP contribution in [0.5, 0.6) is 0 Å². The van der Waals surface area contributed by atoms with Crippen LogP contribution < -0.4 is 0 Å². The highest BCUT2D eigenvalue weighted by Gasteiger charge is 2.17. The van der Waals surface area contributed by atoms with Crippen LogP contribution in [0.3, 0.4) is 0 Å². The van der Waals surface area contributed by atoms with Crippen molar-refractivity contribution in [2.45, 2.75) is 194 Å². The molecule has 0 aliphatic rings. The zero-order valence-electron chi connectivity index (χ0n) is 35.2. The number of ether oxygens (including phenoxy) is 3. The van der Waals surface area contributed by atoms with Crippen LogP contribution in [0.25, 0.3) is 0 Å². The number of hydrogen-bond donors (Lipinski definition) is 0. The second-order valence-corrected chi connectivity index (χ2v) is 14.2. The molecule has 1 atom stereocenters. The first kappa shape index (κ1) is 51.1. The van der Waals surface area contributed by atoms with E-state index in [0.29, 0.717) is 19.4 Å². The molecule has 5 heteroatoms. The van der Waals surface area contributed by atoms with E-state index < -0.39 is 6.10 Å². The van der Waals surface area contributed by atoms with Gasteiger partial charge in [-0.05, 0) is 89.9 Å². The molecule has 0 amide bonds. The Hall–Kier alpha value is -2.92. The summed E-state index contributed by atoms with van der Waals surface area (Å²) in [5.41, 5.74) is 0. The van der Waals surface area contributed by atoms with E-state index in [2.05, 4.69) is 106 Å². The van der Waals surface area contributed by atoms with E-state index >= 15 is 0 Å². The maximum absolute atomic E-state index is 12.6. The molecular weight excluding hydrogens is 669 g/mol. The quantitative estimate of drug-likeness (QED) is 0.0356. The lowest BCUT2D eigenvalue weighted by atomic mass is 10.1. The number of hydrogen-bond acceptors (Lipinski definition) is 5. The van der Waals surface area contributed by atoms with Crippen LogP contribution in [0.15, 0.2) is 85.1 Å². The van der Waals surface area contributed by atoms with E-state index in [9.17, 15) is 9.59 Å². The smallest absolute Gasteiger partial charge is 0.306 e. The first-order chi connectivity index (χ1) is 26.6. The van der Waals surface area contributed by atoms with Crippen LogP contribution in [0.4, 0.5) is 0 Å². The van der Waals surface area contributed by atoms with Crippen molar-refractivity contribution in [1.82, 2.24) is 0 Å². The minimum absolute atomic E-state index is 0.0551. The van der Waals surface area contributed by atoms with Crippen molar-refractivity contribution < 1.29 is 23.8 Å². The van der Waals surface area contributed by atoms with Crippen molar-refractivity contribution in [2.75, 3.05) is 19.8 Å². The Morgan fingerprint density at radius 2 is 0.833 bits per heavy atom. The molecule has 0 aromatic carbocycles. The normalized spacial score (nSPS) is 13.0.